The molecule has 4 nitrogen and oxygen atoms in total. The summed E-state index contributed by atoms with van der Waals surface area (Å²) in [5, 5.41) is 0.975. The van der Waals surface area contributed by atoms with Crippen LogP contribution in [0, 0.1) is 0 Å². The molecule has 0 bridgehead atoms. The van der Waals surface area contributed by atoms with E-state index in [0.717, 1.165) is 21.4 Å². The average Bonchev–Trinajstić information content (AvgIpc) is 2.84. The quantitative estimate of drug-likeness (QED) is 0.681. The Kier molecular flexibility index (Phi) is 3.01. The second-order valence-corrected chi connectivity index (χ2v) is 5.26. The van der Waals surface area contributed by atoms with E-state index in [1.165, 1.54) is 6.20 Å². The molecule has 4 rings (SSSR count). The summed E-state index contributed by atoms with van der Waals surface area (Å²) >= 11 is 0. The standard InChI is InChI=1S/C19H12N2O2/c22-18-15-6-1-2-7-16(15)19(23)21(18)12-10-13-5-3-9-17-14(13)8-4-11-20-17/h1-12H/b12-10+. The Labute approximate surface area is 132 Å². The van der Waals surface area contributed by atoms with Crippen LogP contribution in [0.3, 0.4) is 0 Å². The van der Waals surface area contributed by atoms with Crippen molar-refractivity contribution in [3.05, 3.63) is 83.7 Å². The molecule has 2 aromatic carbocycles. The number of fused-ring (bicyclic) bond motifs is 2. The number of nitrogens with zero attached hydrogens (tertiary/aromatic N) is 2. The van der Waals surface area contributed by atoms with Gasteiger partial charge in [-0.05, 0) is 35.9 Å². The van der Waals surface area contributed by atoms with E-state index in [1.54, 1.807) is 36.5 Å². The number of rotatable bonds is 2. The summed E-state index contributed by atoms with van der Waals surface area (Å²) in [6, 6.07) is 16.4. The number of benzene rings is 2. The summed E-state index contributed by atoms with van der Waals surface area (Å²) in [7, 11) is 0. The highest BCUT2D eigenvalue weighted by atomic mass is 16.2. The van der Waals surface area contributed by atoms with Gasteiger partial charge in [-0.1, -0.05) is 30.3 Å². The minimum atomic E-state index is -0.291. The first-order valence-corrected chi connectivity index (χ1v) is 7.24. The number of amides is 2. The molecule has 4 heteroatoms. The fraction of sp³-hybridized carbons (Fsp3) is 0. The maximum atomic E-state index is 12.3. The molecule has 0 unspecified atom stereocenters. The second kappa shape index (κ2) is 5.18. The molecule has 0 saturated carbocycles. The van der Waals surface area contributed by atoms with Crippen LogP contribution >= 0.6 is 0 Å². The molecular weight excluding hydrogens is 288 g/mol. The van der Waals surface area contributed by atoms with Crippen LogP contribution in [0.4, 0.5) is 0 Å². The minimum absolute atomic E-state index is 0.291. The highest BCUT2D eigenvalue weighted by Gasteiger charge is 2.33. The lowest BCUT2D eigenvalue weighted by molar-refractivity contribution is 0.0722. The maximum absolute atomic E-state index is 12.3. The van der Waals surface area contributed by atoms with Gasteiger partial charge in [0.1, 0.15) is 0 Å². The fourth-order valence-electron chi connectivity index (χ4n) is 2.77. The summed E-state index contributed by atoms with van der Waals surface area (Å²) in [6.07, 6.45) is 5.04. The summed E-state index contributed by atoms with van der Waals surface area (Å²) in [5.41, 5.74) is 2.67. The van der Waals surface area contributed by atoms with Crippen LogP contribution in [0.15, 0.2) is 67.0 Å². The van der Waals surface area contributed by atoms with Crippen LogP contribution in [0.2, 0.25) is 0 Å². The van der Waals surface area contributed by atoms with Gasteiger partial charge in [-0.3, -0.25) is 14.6 Å². The zero-order valence-electron chi connectivity index (χ0n) is 12.1. The molecule has 110 valence electrons. The van der Waals surface area contributed by atoms with Crippen LogP contribution in [0.5, 0.6) is 0 Å². The van der Waals surface area contributed by atoms with Crippen molar-refractivity contribution in [2.45, 2.75) is 0 Å². The van der Waals surface area contributed by atoms with Crippen molar-refractivity contribution in [1.29, 1.82) is 0 Å². The van der Waals surface area contributed by atoms with Crippen LogP contribution in [0.25, 0.3) is 17.0 Å². The van der Waals surface area contributed by atoms with Gasteiger partial charge >= 0.3 is 0 Å². The van der Waals surface area contributed by atoms with Gasteiger partial charge in [0.05, 0.1) is 16.6 Å². The Balaban J connectivity index is 1.72. The van der Waals surface area contributed by atoms with Crippen molar-refractivity contribution in [1.82, 2.24) is 9.88 Å². The number of imide groups is 1. The third-order valence-corrected chi connectivity index (χ3v) is 3.91. The molecule has 0 aliphatic carbocycles. The zero-order chi connectivity index (χ0) is 15.8. The molecule has 0 fully saturated rings. The Hall–Kier alpha value is -3.27. The lowest BCUT2D eigenvalue weighted by Crippen LogP contribution is -2.23. The molecular formula is C19H12N2O2. The van der Waals surface area contributed by atoms with Gasteiger partial charge in [-0.15, -0.1) is 0 Å². The zero-order valence-corrected chi connectivity index (χ0v) is 12.1. The number of pyridine rings is 1. The van der Waals surface area contributed by atoms with Crippen molar-refractivity contribution in [2.24, 2.45) is 0 Å². The maximum Gasteiger partial charge on any atom is 0.265 e. The van der Waals surface area contributed by atoms with Gasteiger partial charge in [-0.2, -0.15) is 0 Å². The topological polar surface area (TPSA) is 50.3 Å². The molecule has 0 N–H and O–H groups in total. The van der Waals surface area contributed by atoms with E-state index in [0.29, 0.717) is 11.1 Å². The number of carbonyl (C=O) groups is 2. The van der Waals surface area contributed by atoms with Crippen molar-refractivity contribution < 1.29 is 9.59 Å². The molecule has 1 aliphatic heterocycles. The van der Waals surface area contributed by atoms with Gasteiger partial charge in [0.15, 0.2) is 0 Å². The Morgan fingerprint density at radius 2 is 1.57 bits per heavy atom. The van der Waals surface area contributed by atoms with E-state index >= 15 is 0 Å². The molecule has 3 aromatic rings. The van der Waals surface area contributed by atoms with Crippen LogP contribution in [-0.2, 0) is 0 Å². The van der Waals surface area contributed by atoms with Gasteiger partial charge in [-0.25, -0.2) is 4.90 Å². The minimum Gasteiger partial charge on any atom is -0.268 e. The first kappa shape index (κ1) is 13.4. The van der Waals surface area contributed by atoms with Gasteiger partial charge in [0.2, 0.25) is 0 Å². The normalized spacial score (nSPS) is 14.0. The molecule has 0 spiro atoms. The lowest BCUT2D eigenvalue weighted by atomic mass is 10.1. The van der Waals surface area contributed by atoms with E-state index in [9.17, 15) is 9.59 Å². The van der Waals surface area contributed by atoms with E-state index in [1.807, 2.05) is 30.3 Å². The van der Waals surface area contributed by atoms with Crippen molar-refractivity contribution in [3.63, 3.8) is 0 Å². The summed E-state index contributed by atoms with van der Waals surface area (Å²) in [5.74, 6) is -0.583. The third kappa shape index (κ3) is 2.12. The highest BCUT2D eigenvalue weighted by Crippen LogP contribution is 2.24. The van der Waals surface area contributed by atoms with Crippen LogP contribution < -0.4 is 0 Å². The number of hydrogen-bond acceptors (Lipinski definition) is 3. The first-order chi connectivity index (χ1) is 11.3. The smallest absolute Gasteiger partial charge is 0.265 e. The largest absolute Gasteiger partial charge is 0.268 e. The first-order valence-electron chi connectivity index (χ1n) is 7.24. The third-order valence-electron chi connectivity index (χ3n) is 3.91. The van der Waals surface area contributed by atoms with Crippen molar-refractivity contribution >= 4 is 28.8 Å². The predicted molar refractivity (Wildman–Crippen MR) is 87.7 cm³/mol. The lowest BCUT2D eigenvalue weighted by Gasteiger charge is -2.07. The number of aromatic nitrogens is 1. The van der Waals surface area contributed by atoms with E-state index in [-0.39, 0.29) is 11.8 Å². The van der Waals surface area contributed by atoms with Gasteiger partial charge < -0.3 is 0 Å². The molecule has 0 atom stereocenters. The Morgan fingerprint density at radius 3 is 2.30 bits per heavy atom. The highest BCUT2D eigenvalue weighted by molar-refractivity contribution is 6.22. The number of carbonyl (C=O) groups excluding carboxylic acids is 2. The molecule has 0 radical (unpaired) electrons. The summed E-state index contributed by atoms with van der Waals surface area (Å²) in [4.78, 5) is 30.1. The van der Waals surface area contributed by atoms with E-state index < -0.39 is 0 Å². The van der Waals surface area contributed by atoms with Crippen molar-refractivity contribution in [2.75, 3.05) is 0 Å². The van der Waals surface area contributed by atoms with Crippen LogP contribution in [-0.4, -0.2) is 21.7 Å². The second-order valence-electron chi connectivity index (χ2n) is 5.26. The molecule has 1 aromatic heterocycles. The number of hydrogen-bond donors (Lipinski definition) is 0. The SMILES string of the molecule is O=C1c2ccccc2C(=O)N1/C=C/c1cccc2ncccc12. The monoisotopic (exact) mass is 300 g/mol. The summed E-state index contributed by atoms with van der Waals surface area (Å²) in [6.45, 7) is 0. The molecule has 2 amide bonds. The Morgan fingerprint density at radius 1 is 0.826 bits per heavy atom. The predicted octanol–water partition coefficient (Wildman–Crippen LogP) is 3.50. The van der Waals surface area contributed by atoms with Gasteiger partial charge in [0, 0.05) is 17.8 Å². The fourth-order valence-corrected chi connectivity index (χ4v) is 2.77. The van der Waals surface area contributed by atoms with Crippen LogP contribution in [0.1, 0.15) is 26.3 Å². The molecule has 2 heterocycles. The van der Waals surface area contributed by atoms with E-state index in [4.69, 9.17) is 0 Å². The molecule has 23 heavy (non-hydrogen) atoms. The van der Waals surface area contributed by atoms with Gasteiger partial charge in [0.25, 0.3) is 11.8 Å². The summed E-state index contributed by atoms with van der Waals surface area (Å²) < 4.78 is 0. The average molecular weight is 300 g/mol. The molecule has 0 saturated heterocycles. The molecule has 1 aliphatic rings. The van der Waals surface area contributed by atoms with Crippen molar-refractivity contribution in [3.8, 4) is 0 Å². The Bertz CT molecular complexity index is 936. The van der Waals surface area contributed by atoms with E-state index in [2.05, 4.69) is 4.98 Å².